The zero-order chi connectivity index (χ0) is 16.3. The molecule has 2 fully saturated rings. The highest BCUT2D eigenvalue weighted by Gasteiger charge is 2.57. The number of amides is 2. The van der Waals surface area contributed by atoms with Crippen LogP contribution >= 0.6 is 0 Å². The van der Waals surface area contributed by atoms with E-state index in [2.05, 4.69) is 0 Å². The van der Waals surface area contributed by atoms with Crippen molar-refractivity contribution >= 4 is 23.2 Å². The van der Waals surface area contributed by atoms with Crippen LogP contribution in [0.2, 0.25) is 0 Å². The number of hydrogen-bond donors (Lipinski definition) is 0. The van der Waals surface area contributed by atoms with Crippen LogP contribution in [0.4, 0.5) is 11.4 Å². The summed E-state index contributed by atoms with van der Waals surface area (Å²) in [5, 5.41) is 11.3. The average Bonchev–Trinajstić information content (AvgIpc) is 2.82. The quantitative estimate of drug-likeness (QED) is 0.364. The number of benzene rings is 1. The monoisotopic (exact) mass is 312 g/mol. The van der Waals surface area contributed by atoms with Crippen LogP contribution in [0, 0.1) is 40.7 Å². The molecule has 0 aromatic heterocycles. The molecule has 6 nitrogen and oxygen atoms in total. The second-order valence-corrected chi connectivity index (χ2v) is 6.60. The van der Waals surface area contributed by atoms with Crippen molar-refractivity contribution in [1.29, 1.82) is 0 Å². The Balaban J connectivity index is 1.81. The van der Waals surface area contributed by atoms with Crippen LogP contribution in [0.3, 0.4) is 0 Å². The molecule has 3 aliphatic carbocycles. The van der Waals surface area contributed by atoms with Crippen molar-refractivity contribution in [3.8, 4) is 0 Å². The van der Waals surface area contributed by atoms with Gasteiger partial charge in [0.1, 0.15) is 5.69 Å². The maximum absolute atomic E-state index is 12.8. The molecule has 1 aromatic carbocycles. The summed E-state index contributed by atoms with van der Waals surface area (Å²) in [6.45, 7) is 1.74. The van der Waals surface area contributed by atoms with Gasteiger partial charge in [-0.25, -0.2) is 4.90 Å². The molecule has 4 aliphatic rings. The number of imide groups is 1. The van der Waals surface area contributed by atoms with Crippen LogP contribution < -0.4 is 4.90 Å². The van der Waals surface area contributed by atoms with Crippen LogP contribution in [0.1, 0.15) is 18.4 Å². The number of allylic oxidation sites excluding steroid dienone is 2. The lowest BCUT2D eigenvalue weighted by Gasteiger charge is -2.38. The van der Waals surface area contributed by atoms with Gasteiger partial charge in [-0.05, 0) is 43.2 Å². The topological polar surface area (TPSA) is 80.5 Å². The fourth-order valence-corrected chi connectivity index (χ4v) is 4.28. The molecule has 1 saturated carbocycles. The summed E-state index contributed by atoms with van der Waals surface area (Å²) in [6, 6.07) is 4.61. The summed E-state index contributed by atoms with van der Waals surface area (Å²) in [4.78, 5) is 37.6. The molecule has 1 aliphatic heterocycles. The predicted octanol–water partition coefficient (Wildman–Crippen LogP) is 2.60. The number of carbonyl (C=O) groups is 2. The summed E-state index contributed by atoms with van der Waals surface area (Å²) in [5.41, 5.74) is 0.633. The van der Waals surface area contributed by atoms with E-state index in [1.807, 2.05) is 12.2 Å². The Labute approximate surface area is 132 Å². The molecular formula is C17H16N2O4. The van der Waals surface area contributed by atoms with E-state index in [4.69, 9.17) is 0 Å². The molecule has 23 heavy (non-hydrogen) atoms. The first-order chi connectivity index (χ1) is 11.0. The standard InChI is InChI=1S/C17H16N2O4/c1-9-2-7-12(13(8-9)19(22)23)18-16(20)14-10-3-4-11(6-5-10)15(14)17(18)21/h2-4,7-8,10-11,14-15H,5-6H2,1H3/t10-,11-,14-,15-/m1/s1. The van der Waals surface area contributed by atoms with Gasteiger partial charge in [0.2, 0.25) is 11.8 Å². The Bertz CT molecular complexity index is 738. The van der Waals surface area contributed by atoms with Crippen molar-refractivity contribution in [2.75, 3.05) is 4.90 Å². The van der Waals surface area contributed by atoms with Crippen molar-refractivity contribution in [2.45, 2.75) is 19.8 Å². The van der Waals surface area contributed by atoms with Gasteiger partial charge in [-0.15, -0.1) is 0 Å². The molecule has 4 atom stereocenters. The third-order valence-corrected chi connectivity index (χ3v) is 5.33. The maximum atomic E-state index is 12.8. The predicted molar refractivity (Wildman–Crippen MR) is 82.7 cm³/mol. The zero-order valence-corrected chi connectivity index (χ0v) is 12.6. The molecule has 0 spiro atoms. The molecule has 0 radical (unpaired) electrons. The fourth-order valence-electron chi connectivity index (χ4n) is 4.28. The number of aryl methyl sites for hydroxylation is 1. The number of nitro benzene ring substituents is 1. The second kappa shape index (κ2) is 4.75. The Morgan fingerprint density at radius 3 is 2.13 bits per heavy atom. The van der Waals surface area contributed by atoms with Gasteiger partial charge in [0.25, 0.3) is 5.69 Å². The third-order valence-electron chi connectivity index (χ3n) is 5.33. The van der Waals surface area contributed by atoms with Crippen molar-refractivity contribution < 1.29 is 14.5 Å². The highest BCUT2D eigenvalue weighted by atomic mass is 16.6. The Kier molecular flexibility index (Phi) is 2.91. The number of carbonyl (C=O) groups excluding carboxylic acids is 2. The molecule has 2 amide bonds. The SMILES string of the molecule is Cc1ccc(N2C(=O)[C@H]3[C@H](C2=O)[C@@H]2C=C[C@@H]3CC2)c([N+](=O)[O-])c1. The van der Waals surface area contributed by atoms with Gasteiger partial charge >= 0.3 is 0 Å². The number of nitro groups is 1. The minimum absolute atomic E-state index is 0.0796. The van der Waals surface area contributed by atoms with Crippen LogP contribution in [0.25, 0.3) is 0 Å². The molecule has 1 saturated heterocycles. The van der Waals surface area contributed by atoms with E-state index >= 15 is 0 Å². The first-order valence-corrected chi connectivity index (χ1v) is 7.80. The molecule has 5 rings (SSSR count). The minimum Gasteiger partial charge on any atom is -0.274 e. The third kappa shape index (κ3) is 1.87. The second-order valence-electron chi connectivity index (χ2n) is 6.60. The largest absolute Gasteiger partial charge is 0.293 e. The molecule has 0 N–H and O–H groups in total. The first-order valence-electron chi connectivity index (χ1n) is 7.80. The van der Waals surface area contributed by atoms with Gasteiger partial charge in [0.05, 0.1) is 16.8 Å². The van der Waals surface area contributed by atoms with Gasteiger partial charge < -0.3 is 0 Å². The number of nitrogens with zero attached hydrogens (tertiary/aromatic N) is 2. The number of fused-ring (bicyclic) bond motifs is 1. The lowest BCUT2D eigenvalue weighted by atomic mass is 9.63. The van der Waals surface area contributed by atoms with Crippen molar-refractivity contribution in [1.82, 2.24) is 0 Å². The van der Waals surface area contributed by atoms with Gasteiger partial charge in [-0.1, -0.05) is 18.2 Å². The zero-order valence-electron chi connectivity index (χ0n) is 12.6. The number of anilines is 1. The maximum Gasteiger partial charge on any atom is 0.293 e. The molecule has 1 aromatic rings. The average molecular weight is 312 g/mol. The summed E-state index contributed by atoms with van der Waals surface area (Å²) in [6.07, 6.45) is 5.89. The number of hydrogen-bond acceptors (Lipinski definition) is 4. The van der Waals surface area contributed by atoms with Crippen molar-refractivity contribution in [3.63, 3.8) is 0 Å². The fraction of sp³-hybridized carbons (Fsp3) is 0.412. The molecule has 0 unspecified atom stereocenters. The minimum atomic E-state index is -0.530. The van der Waals surface area contributed by atoms with E-state index in [0.29, 0.717) is 0 Å². The van der Waals surface area contributed by atoms with E-state index in [1.165, 1.54) is 12.1 Å². The van der Waals surface area contributed by atoms with Crippen molar-refractivity contribution in [2.24, 2.45) is 23.7 Å². The van der Waals surface area contributed by atoms with E-state index in [1.54, 1.807) is 13.0 Å². The Hall–Kier alpha value is -2.50. The van der Waals surface area contributed by atoms with E-state index in [9.17, 15) is 19.7 Å². The highest BCUT2D eigenvalue weighted by Crippen LogP contribution is 2.51. The molecule has 2 bridgehead atoms. The Morgan fingerprint density at radius 2 is 1.65 bits per heavy atom. The summed E-state index contributed by atoms with van der Waals surface area (Å²) in [5.74, 6) is -1.12. The molecule has 1 heterocycles. The van der Waals surface area contributed by atoms with E-state index in [0.717, 1.165) is 23.3 Å². The van der Waals surface area contributed by atoms with Gasteiger partial charge in [0, 0.05) is 6.07 Å². The van der Waals surface area contributed by atoms with Gasteiger partial charge in [-0.2, -0.15) is 0 Å². The molecule has 6 heteroatoms. The Morgan fingerprint density at radius 1 is 1.09 bits per heavy atom. The summed E-state index contributed by atoms with van der Waals surface area (Å²) in [7, 11) is 0. The van der Waals surface area contributed by atoms with Crippen LogP contribution in [-0.2, 0) is 9.59 Å². The van der Waals surface area contributed by atoms with Crippen LogP contribution in [0.15, 0.2) is 30.4 Å². The lowest BCUT2D eigenvalue weighted by Crippen LogP contribution is -2.38. The van der Waals surface area contributed by atoms with Gasteiger partial charge in [0.15, 0.2) is 0 Å². The van der Waals surface area contributed by atoms with Crippen LogP contribution in [0.5, 0.6) is 0 Å². The highest BCUT2D eigenvalue weighted by molar-refractivity contribution is 6.23. The van der Waals surface area contributed by atoms with E-state index in [-0.39, 0.29) is 46.9 Å². The first kappa shape index (κ1) is 14.1. The normalized spacial score (nSPS) is 31.6. The molecule has 118 valence electrons. The van der Waals surface area contributed by atoms with Crippen LogP contribution in [-0.4, -0.2) is 16.7 Å². The lowest BCUT2D eigenvalue weighted by molar-refractivity contribution is -0.384. The number of rotatable bonds is 2. The van der Waals surface area contributed by atoms with E-state index < -0.39 is 4.92 Å². The summed E-state index contributed by atoms with van der Waals surface area (Å²) >= 11 is 0. The summed E-state index contributed by atoms with van der Waals surface area (Å²) < 4.78 is 0. The van der Waals surface area contributed by atoms with Gasteiger partial charge in [-0.3, -0.25) is 19.7 Å². The smallest absolute Gasteiger partial charge is 0.274 e. The van der Waals surface area contributed by atoms with Crippen molar-refractivity contribution in [3.05, 3.63) is 46.0 Å². The molecular weight excluding hydrogens is 296 g/mol.